The molecule has 0 spiro atoms. The molecule has 0 saturated heterocycles. The molecule has 114 valence electrons. The molecule has 22 heavy (non-hydrogen) atoms. The Balaban J connectivity index is 1.69. The molecule has 0 aromatic heterocycles. The van der Waals surface area contributed by atoms with Crippen molar-refractivity contribution < 1.29 is 14.3 Å². The summed E-state index contributed by atoms with van der Waals surface area (Å²) in [4.78, 5) is 12.2. The Labute approximate surface area is 130 Å². The van der Waals surface area contributed by atoms with Gasteiger partial charge in [0.25, 0.3) is 0 Å². The van der Waals surface area contributed by atoms with Crippen molar-refractivity contribution in [3.8, 4) is 11.5 Å². The minimum absolute atomic E-state index is 0.0383. The second kappa shape index (κ2) is 6.10. The van der Waals surface area contributed by atoms with Crippen LogP contribution in [0.3, 0.4) is 0 Å². The van der Waals surface area contributed by atoms with Crippen molar-refractivity contribution in [1.82, 2.24) is 0 Å². The van der Waals surface area contributed by atoms with Crippen molar-refractivity contribution >= 4 is 11.6 Å². The lowest BCUT2D eigenvalue weighted by Crippen LogP contribution is -2.17. The number of carbonyl (C=O) groups is 1. The topological polar surface area (TPSA) is 47.6 Å². The number of ether oxygens (including phenoxy) is 2. The zero-order valence-electron chi connectivity index (χ0n) is 12.8. The minimum atomic E-state index is -0.0383. The molecule has 1 aliphatic rings. The summed E-state index contributed by atoms with van der Waals surface area (Å²) in [5, 5.41) is 2.91. The van der Waals surface area contributed by atoms with E-state index in [1.807, 2.05) is 38.1 Å². The van der Waals surface area contributed by atoms with E-state index in [4.69, 9.17) is 9.47 Å². The molecule has 3 rings (SSSR count). The zero-order chi connectivity index (χ0) is 15.5. The summed E-state index contributed by atoms with van der Waals surface area (Å²) in [5.41, 5.74) is 4.10. The van der Waals surface area contributed by atoms with Crippen molar-refractivity contribution in [2.24, 2.45) is 0 Å². The van der Waals surface area contributed by atoms with Crippen LogP contribution in [-0.4, -0.2) is 19.1 Å². The summed E-state index contributed by atoms with van der Waals surface area (Å²) < 4.78 is 11.0. The number of amides is 1. The molecule has 0 bridgehead atoms. The fourth-order valence-electron chi connectivity index (χ4n) is 2.54. The van der Waals surface area contributed by atoms with Crippen LogP contribution in [0.4, 0.5) is 5.69 Å². The molecule has 0 unspecified atom stereocenters. The lowest BCUT2D eigenvalue weighted by atomic mass is 10.0. The Morgan fingerprint density at radius 1 is 1.05 bits per heavy atom. The van der Waals surface area contributed by atoms with Gasteiger partial charge in [0, 0.05) is 11.8 Å². The number of rotatable bonds is 3. The number of aryl methyl sites for hydroxylation is 2. The largest absolute Gasteiger partial charge is 0.486 e. The normalized spacial score (nSPS) is 12.8. The summed E-state index contributed by atoms with van der Waals surface area (Å²) >= 11 is 0. The van der Waals surface area contributed by atoms with Crippen LogP contribution in [0, 0.1) is 13.8 Å². The molecule has 0 saturated carbocycles. The lowest BCUT2D eigenvalue weighted by molar-refractivity contribution is -0.115. The summed E-state index contributed by atoms with van der Waals surface area (Å²) in [5.74, 6) is 1.36. The Morgan fingerprint density at radius 3 is 2.59 bits per heavy atom. The molecule has 2 aromatic carbocycles. The van der Waals surface area contributed by atoms with Gasteiger partial charge in [0.05, 0.1) is 6.42 Å². The third kappa shape index (κ3) is 3.22. The van der Waals surface area contributed by atoms with Gasteiger partial charge >= 0.3 is 0 Å². The fourth-order valence-corrected chi connectivity index (χ4v) is 2.54. The number of fused-ring (bicyclic) bond motifs is 1. The molecule has 0 aliphatic carbocycles. The van der Waals surface area contributed by atoms with Crippen molar-refractivity contribution in [2.45, 2.75) is 20.3 Å². The second-order valence-electron chi connectivity index (χ2n) is 5.51. The van der Waals surface area contributed by atoms with E-state index < -0.39 is 0 Å². The Morgan fingerprint density at radius 2 is 1.82 bits per heavy atom. The first-order chi connectivity index (χ1) is 10.6. The number of benzene rings is 2. The first-order valence-corrected chi connectivity index (χ1v) is 7.37. The highest BCUT2D eigenvalue weighted by Gasteiger charge is 2.13. The quantitative estimate of drug-likeness (QED) is 0.946. The highest BCUT2D eigenvalue weighted by atomic mass is 16.6. The molecule has 0 atom stereocenters. The van der Waals surface area contributed by atoms with E-state index in [1.54, 1.807) is 6.07 Å². The van der Waals surface area contributed by atoms with Crippen molar-refractivity contribution in [1.29, 1.82) is 0 Å². The van der Waals surface area contributed by atoms with E-state index in [-0.39, 0.29) is 5.91 Å². The molecule has 1 amide bonds. The predicted molar refractivity (Wildman–Crippen MR) is 85.7 cm³/mol. The van der Waals surface area contributed by atoms with E-state index in [1.165, 1.54) is 5.56 Å². The van der Waals surface area contributed by atoms with Gasteiger partial charge in [-0.1, -0.05) is 23.8 Å². The van der Waals surface area contributed by atoms with E-state index >= 15 is 0 Å². The molecule has 0 radical (unpaired) electrons. The first-order valence-electron chi connectivity index (χ1n) is 7.37. The van der Waals surface area contributed by atoms with Gasteiger partial charge in [-0.05, 0) is 37.1 Å². The molecule has 4 heteroatoms. The Bertz CT molecular complexity index is 709. The van der Waals surface area contributed by atoms with Gasteiger partial charge in [-0.25, -0.2) is 0 Å². The maximum absolute atomic E-state index is 12.2. The number of hydrogen-bond donors (Lipinski definition) is 1. The highest BCUT2D eigenvalue weighted by Crippen LogP contribution is 2.32. The van der Waals surface area contributed by atoms with E-state index in [0.29, 0.717) is 25.4 Å². The van der Waals surface area contributed by atoms with Gasteiger partial charge in [-0.15, -0.1) is 0 Å². The fraction of sp³-hybridized carbons (Fsp3) is 0.278. The van der Waals surface area contributed by atoms with Gasteiger partial charge in [-0.3, -0.25) is 4.79 Å². The van der Waals surface area contributed by atoms with Crippen LogP contribution in [0.25, 0.3) is 0 Å². The van der Waals surface area contributed by atoms with E-state index in [2.05, 4.69) is 11.4 Å². The second-order valence-corrected chi connectivity index (χ2v) is 5.51. The molecule has 2 aromatic rings. The van der Waals surface area contributed by atoms with Gasteiger partial charge in [-0.2, -0.15) is 0 Å². The molecule has 1 N–H and O–H groups in total. The third-order valence-corrected chi connectivity index (χ3v) is 3.68. The number of anilines is 1. The zero-order valence-corrected chi connectivity index (χ0v) is 12.8. The predicted octanol–water partition coefficient (Wildman–Crippen LogP) is 3.26. The van der Waals surface area contributed by atoms with Crippen molar-refractivity contribution in [3.63, 3.8) is 0 Å². The average molecular weight is 297 g/mol. The minimum Gasteiger partial charge on any atom is -0.486 e. The Kier molecular flexibility index (Phi) is 4.00. The van der Waals surface area contributed by atoms with Crippen LogP contribution >= 0.6 is 0 Å². The molecule has 0 fully saturated rings. The average Bonchev–Trinajstić information content (AvgIpc) is 2.50. The van der Waals surface area contributed by atoms with E-state index in [9.17, 15) is 4.79 Å². The van der Waals surface area contributed by atoms with Crippen molar-refractivity contribution in [3.05, 3.63) is 53.1 Å². The lowest BCUT2D eigenvalue weighted by Gasteiger charge is -2.19. The molecule has 1 heterocycles. The monoisotopic (exact) mass is 297 g/mol. The maximum Gasteiger partial charge on any atom is 0.228 e. The van der Waals surface area contributed by atoms with Crippen LogP contribution in [0.1, 0.15) is 16.7 Å². The van der Waals surface area contributed by atoms with Crippen LogP contribution in [-0.2, 0) is 11.2 Å². The molecular weight excluding hydrogens is 278 g/mol. The van der Waals surface area contributed by atoms with Gasteiger partial charge < -0.3 is 14.8 Å². The highest BCUT2D eigenvalue weighted by molar-refractivity contribution is 5.92. The standard InChI is InChI=1S/C18H19NO3/c1-12-3-4-14(13(2)9-12)10-18(20)19-15-5-6-16-17(11-15)22-8-7-21-16/h3-6,9,11H,7-8,10H2,1-2H3,(H,19,20). The smallest absolute Gasteiger partial charge is 0.228 e. The summed E-state index contributed by atoms with van der Waals surface area (Å²) in [6.07, 6.45) is 0.362. The third-order valence-electron chi connectivity index (χ3n) is 3.68. The SMILES string of the molecule is Cc1ccc(CC(=O)Nc2ccc3c(c2)OCCO3)c(C)c1. The van der Waals surface area contributed by atoms with Crippen LogP contribution in [0.5, 0.6) is 11.5 Å². The van der Waals surface area contributed by atoms with Crippen LogP contribution in [0.15, 0.2) is 36.4 Å². The summed E-state index contributed by atoms with van der Waals surface area (Å²) in [7, 11) is 0. The van der Waals surface area contributed by atoms with Gasteiger partial charge in [0.2, 0.25) is 5.91 Å². The summed E-state index contributed by atoms with van der Waals surface area (Å²) in [6, 6.07) is 11.6. The molecule has 1 aliphatic heterocycles. The summed E-state index contributed by atoms with van der Waals surface area (Å²) in [6.45, 7) is 5.17. The molecular formula is C18H19NO3. The first kappa shape index (κ1) is 14.4. The van der Waals surface area contributed by atoms with Crippen molar-refractivity contribution in [2.75, 3.05) is 18.5 Å². The molecule has 4 nitrogen and oxygen atoms in total. The number of carbonyl (C=O) groups excluding carboxylic acids is 1. The van der Waals surface area contributed by atoms with Gasteiger partial charge in [0.1, 0.15) is 13.2 Å². The number of nitrogens with one attached hydrogen (secondary N) is 1. The van der Waals surface area contributed by atoms with E-state index in [0.717, 1.165) is 22.6 Å². The number of hydrogen-bond acceptors (Lipinski definition) is 3. The maximum atomic E-state index is 12.2. The van der Waals surface area contributed by atoms with Gasteiger partial charge in [0.15, 0.2) is 11.5 Å². The Hall–Kier alpha value is -2.49. The van der Waals surface area contributed by atoms with Crippen LogP contribution < -0.4 is 14.8 Å². The van der Waals surface area contributed by atoms with Crippen LogP contribution in [0.2, 0.25) is 0 Å².